The van der Waals surface area contributed by atoms with Crippen molar-refractivity contribution < 1.29 is 14.2 Å². The average Bonchev–Trinajstić information content (AvgIpc) is 3.68. The predicted octanol–water partition coefficient (Wildman–Crippen LogP) is 5.12. The molecule has 3 aliphatic rings. The van der Waals surface area contributed by atoms with Gasteiger partial charge >= 0.3 is 0 Å². The first-order chi connectivity index (χ1) is 20.9. The first kappa shape index (κ1) is 29.6. The number of nitrogen functional groups attached to an aromatic ring is 1. The summed E-state index contributed by atoms with van der Waals surface area (Å²) in [7, 11) is 0. The quantitative estimate of drug-likeness (QED) is 0.282. The Labute approximate surface area is 258 Å². The fourth-order valence-electron chi connectivity index (χ4n) is 7.27. The van der Waals surface area contributed by atoms with Gasteiger partial charge in [-0.25, -0.2) is 19.9 Å². The van der Waals surface area contributed by atoms with E-state index in [2.05, 4.69) is 77.7 Å². The van der Waals surface area contributed by atoms with Gasteiger partial charge in [0.1, 0.15) is 36.0 Å². The normalized spacial score (nSPS) is 28.4. The highest BCUT2D eigenvalue weighted by Crippen LogP contribution is 2.45. The predicted molar refractivity (Wildman–Crippen MR) is 169 cm³/mol. The van der Waals surface area contributed by atoms with Crippen molar-refractivity contribution in [2.24, 2.45) is 5.92 Å². The standard InChI is InChI=1S/C33H46N8O3/c1-18(2)40(21-12-19(13-21)8-11-25-38-22-10-9-20(32(3,4)5)14-23(22)39-25)15-24-27-28(44-33(6,7)43-27)31(42-24)41-17-37-26-29(34)35-16-36-30(26)41/h9-10,14,16-19,21,24,27-28,31H,8,11-13,15H2,1-7H3,(H,38,39)(H2,34,35,36)/t19?,21?,24-,27-,28?,31?/m1/s1. The number of hydrogen-bond acceptors (Lipinski definition) is 9. The molecular weight excluding hydrogens is 556 g/mol. The molecule has 0 radical (unpaired) electrons. The third-order valence-electron chi connectivity index (χ3n) is 9.71. The van der Waals surface area contributed by atoms with E-state index in [0.29, 0.717) is 35.0 Å². The van der Waals surface area contributed by atoms with Gasteiger partial charge in [-0.05, 0) is 76.0 Å². The summed E-state index contributed by atoms with van der Waals surface area (Å²) in [6, 6.07) is 7.50. The minimum Gasteiger partial charge on any atom is -0.382 e. The van der Waals surface area contributed by atoms with Crippen molar-refractivity contribution in [2.45, 2.75) is 122 Å². The van der Waals surface area contributed by atoms with Crippen LogP contribution in [-0.2, 0) is 26.0 Å². The third kappa shape index (κ3) is 5.37. The van der Waals surface area contributed by atoms with Crippen LogP contribution in [0.15, 0.2) is 30.9 Å². The van der Waals surface area contributed by atoms with E-state index in [0.717, 1.165) is 36.2 Å². The molecule has 4 aromatic rings. The molecule has 1 aliphatic carbocycles. The number of nitrogens with zero attached hydrogens (tertiary/aromatic N) is 6. The minimum atomic E-state index is -0.699. The lowest BCUT2D eigenvalue weighted by molar-refractivity contribution is -0.199. The number of ether oxygens (including phenoxy) is 3. The Morgan fingerprint density at radius 1 is 1.11 bits per heavy atom. The molecule has 2 unspecified atom stereocenters. The highest BCUT2D eigenvalue weighted by Gasteiger charge is 2.57. The molecule has 0 spiro atoms. The van der Waals surface area contributed by atoms with Gasteiger partial charge in [0.2, 0.25) is 0 Å². The Balaban J connectivity index is 1.00. The van der Waals surface area contributed by atoms with Gasteiger partial charge in [0.25, 0.3) is 0 Å². The summed E-state index contributed by atoms with van der Waals surface area (Å²) >= 11 is 0. The second kappa shape index (κ2) is 10.8. The first-order valence-electron chi connectivity index (χ1n) is 16.1. The molecule has 1 saturated carbocycles. The number of nitrogens with two attached hydrogens (primary N) is 1. The van der Waals surface area contributed by atoms with Crippen LogP contribution < -0.4 is 5.73 Å². The van der Waals surface area contributed by atoms with Gasteiger partial charge in [-0.3, -0.25) is 9.47 Å². The minimum absolute atomic E-state index is 0.124. The van der Waals surface area contributed by atoms with E-state index in [1.165, 1.54) is 24.7 Å². The summed E-state index contributed by atoms with van der Waals surface area (Å²) in [5.41, 5.74) is 10.9. The maximum Gasteiger partial charge on any atom is 0.167 e. The molecule has 1 aromatic carbocycles. The zero-order chi connectivity index (χ0) is 31.0. The lowest BCUT2D eigenvalue weighted by Gasteiger charge is -2.46. The van der Waals surface area contributed by atoms with Crippen molar-refractivity contribution in [3.05, 3.63) is 42.2 Å². The van der Waals surface area contributed by atoms with Gasteiger partial charge in [0.05, 0.1) is 17.4 Å². The Kier molecular flexibility index (Phi) is 7.23. The number of fused-ring (bicyclic) bond motifs is 3. The Morgan fingerprint density at radius 2 is 1.89 bits per heavy atom. The van der Waals surface area contributed by atoms with E-state index in [1.54, 1.807) is 6.33 Å². The fraction of sp³-hybridized carbons (Fsp3) is 0.636. The van der Waals surface area contributed by atoms with Crippen LogP contribution in [0.5, 0.6) is 0 Å². The third-order valence-corrected chi connectivity index (χ3v) is 9.71. The molecule has 11 nitrogen and oxygen atoms in total. The lowest BCUT2D eigenvalue weighted by atomic mass is 9.76. The molecule has 3 fully saturated rings. The molecule has 2 aliphatic heterocycles. The zero-order valence-corrected chi connectivity index (χ0v) is 26.9. The Hall–Kier alpha value is -3.12. The second-order valence-corrected chi connectivity index (χ2v) is 14.7. The van der Waals surface area contributed by atoms with Crippen molar-refractivity contribution in [3.63, 3.8) is 0 Å². The summed E-state index contributed by atoms with van der Waals surface area (Å²) in [5.74, 6) is 1.43. The number of aryl methyl sites for hydroxylation is 1. The maximum atomic E-state index is 6.72. The first-order valence-corrected chi connectivity index (χ1v) is 16.1. The number of aromatic amines is 1. The molecule has 2 saturated heterocycles. The number of benzene rings is 1. The van der Waals surface area contributed by atoms with E-state index in [1.807, 2.05) is 18.4 Å². The summed E-state index contributed by atoms with van der Waals surface area (Å²) in [5, 5.41) is 0. The number of anilines is 1. The summed E-state index contributed by atoms with van der Waals surface area (Å²) in [6.45, 7) is 16.0. The van der Waals surface area contributed by atoms with Gasteiger partial charge < -0.3 is 24.9 Å². The van der Waals surface area contributed by atoms with Crippen LogP contribution >= 0.6 is 0 Å². The number of aromatic nitrogens is 6. The summed E-state index contributed by atoms with van der Waals surface area (Å²) in [4.78, 5) is 24.1. The van der Waals surface area contributed by atoms with Gasteiger partial charge in [-0.1, -0.05) is 26.8 Å². The summed E-state index contributed by atoms with van der Waals surface area (Å²) < 4.78 is 21.5. The van der Waals surface area contributed by atoms with Crippen LogP contribution in [0.4, 0.5) is 5.82 Å². The molecule has 5 heterocycles. The zero-order valence-electron chi connectivity index (χ0n) is 26.9. The van der Waals surface area contributed by atoms with E-state index in [-0.39, 0.29) is 23.7 Å². The molecule has 0 bridgehead atoms. The number of rotatable bonds is 8. The maximum absolute atomic E-state index is 6.72. The van der Waals surface area contributed by atoms with Gasteiger partial charge in [0, 0.05) is 25.0 Å². The van der Waals surface area contributed by atoms with E-state index in [4.69, 9.17) is 24.9 Å². The van der Waals surface area contributed by atoms with E-state index in [9.17, 15) is 0 Å². The van der Waals surface area contributed by atoms with Crippen molar-refractivity contribution in [1.29, 1.82) is 0 Å². The Bertz CT molecular complexity index is 1650. The average molecular weight is 603 g/mol. The lowest BCUT2D eigenvalue weighted by Crippen LogP contribution is -2.52. The number of H-pyrrole nitrogens is 1. The molecule has 11 heteroatoms. The van der Waals surface area contributed by atoms with Crippen molar-refractivity contribution in [3.8, 4) is 0 Å². The van der Waals surface area contributed by atoms with Gasteiger partial charge in [0.15, 0.2) is 23.5 Å². The molecule has 0 amide bonds. The molecule has 44 heavy (non-hydrogen) atoms. The van der Waals surface area contributed by atoms with Crippen molar-refractivity contribution in [1.82, 2.24) is 34.4 Å². The molecular formula is C33H46N8O3. The van der Waals surface area contributed by atoms with Crippen LogP contribution in [0.1, 0.15) is 85.3 Å². The number of imidazole rings is 2. The molecule has 3 aromatic heterocycles. The molecule has 4 atom stereocenters. The molecule has 3 N–H and O–H groups in total. The highest BCUT2D eigenvalue weighted by atomic mass is 16.8. The highest BCUT2D eigenvalue weighted by molar-refractivity contribution is 5.81. The SMILES string of the molecule is CC(C)N(C[C@H]1OC(n2cnc3c(N)ncnc32)C2OC(C)(C)O[C@@H]21)C1CC(CCc2nc3ccc(C(C)(C)C)cc3[nH]2)C1. The second-order valence-electron chi connectivity index (χ2n) is 14.7. The van der Waals surface area contributed by atoms with Crippen LogP contribution in [0.25, 0.3) is 22.2 Å². The fourth-order valence-corrected chi connectivity index (χ4v) is 7.27. The smallest absolute Gasteiger partial charge is 0.167 e. The molecule has 236 valence electrons. The van der Waals surface area contributed by atoms with Crippen LogP contribution in [-0.4, -0.2) is 77.1 Å². The topological polar surface area (TPSA) is 129 Å². The van der Waals surface area contributed by atoms with Crippen LogP contribution in [0, 0.1) is 5.92 Å². The van der Waals surface area contributed by atoms with Crippen LogP contribution in [0.3, 0.4) is 0 Å². The largest absolute Gasteiger partial charge is 0.382 e. The Morgan fingerprint density at radius 3 is 2.64 bits per heavy atom. The van der Waals surface area contributed by atoms with Crippen molar-refractivity contribution in [2.75, 3.05) is 12.3 Å². The van der Waals surface area contributed by atoms with Gasteiger partial charge in [-0.15, -0.1) is 0 Å². The monoisotopic (exact) mass is 602 g/mol. The van der Waals surface area contributed by atoms with E-state index >= 15 is 0 Å². The summed E-state index contributed by atoms with van der Waals surface area (Å²) in [6.07, 6.45) is 6.61. The number of hydrogen-bond donors (Lipinski definition) is 2. The van der Waals surface area contributed by atoms with Gasteiger partial charge in [-0.2, -0.15) is 0 Å². The van der Waals surface area contributed by atoms with E-state index < -0.39 is 12.0 Å². The number of nitrogens with one attached hydrogen (secondary N) is 1. The molecule has 7 rings (SSSR count). The van der Waals surface area contributed by atoms with Crippen LogP contribution in [0.2, 0.25) is 0 Å². The van der Waals surface area contributed by atoms with Crippen molar-refractivity contribution >= 4 is 28.0 Å².